The molecule has 1 rings (SSSR count). The lowest BCUT2D eigenvalue weighted by molar-refractivity contribution is -0.140. The average molecular weight is 383 g/mol. The number of esters is 1. The van der Waals surface area contributed by atoms with Gasteiger partial charge in [0.25, 0.3) is 0 Å². The zero-order chi connectivity index (χ0) is 20.3. The van der Waals surface area contributed by atoms with Crippen molar-refractivity contribution < 1.29 is 24.9 Å². The van der Waals surface area contributed by atoms with Crippen molar-refractivity contribution in [1.82, 2.24) is 0 Å². The summed E-state index contributed by atoms with van der Waals surface area (Å²) in [7, 11) is 1.39. The van der Waals surface area contributed by atoms with Crippen molar-refractivity contribution in [2.24, 2.45) is 11.8 Å². The summed E-state index contributed by atoms with van der Waals surface area (Å²) in [6.07, 6.45) is 13.4. The third kappa shape index (κ3) is 9.04. The normalized spacial score (nSPS) is 28.1. The van der Waals surface area contributed by atoms with E-state index in [9.17, 15) is 20.1 Å². The molecule has 1 aliphatic carbocycles. The third-order valence-corrected chi connectivity index (χ3v) is 5.43. The molecule has 5 nitrogen and oxygen atoms in total. The second-order valence-corrected chi connectivity index (χ2v) is 7.96. The number of hydrogen-bond acceptors (Lipinski definition) is 5. The first-order valence-corrected chi connectivity index (χ1v) is 10.3. The Hall–Kier alpha value is -1.17. The molecule has 1 saturated carbocycles. The van der Waals surface area contributed by atoms with Crippen molar-refractivity contribution in [1.29, 1.82) is 0 Å². The van der Waals surface area contributed by atoms with Crippen molar-refractivity contribution in [3.8, 4) is 0 Å². The monoisotopic (exact) mass is 382 g/mol. The van der Waals surface area contributed by atoms with Gasteiger partial charge in [-0.1, -0.05) is 50.5 Å². The first kappa shape index (κ1) is 23.9. The topological polar surface area (TPSA) is 87.0 Å². The van der Waals surface area contributed by atoms with Crippen molar-refractivity contribution in [3.05, 3.63) is 24.3 Å². The molecule has 3 N–H and O–H groups in total. The highest BCUT2D eigenvalue weighted by Crippen LogP contribution is 2.37. The minimum absolute atomic E-state index is 0.0560. The smallest absolute Gasteiger partial charge is 0.305 e. The average Bonchev–Trinajstić information content (AvgIpc) is 2.89. The first-order chi connectivity index (χ1) is 12.8. The van der Waals surface area contributed by atoms with Crippen LogP contribution in [0.3, 0.4) is 0 Å². The maximum Gasteiger partial charge on any atom is 0.305 e. The molecular weight excluding hydrogens is 344 g/mol. The van der Waals surface area contributed by atoms with Crippen LogP contribution in [0.1, 0.15) is 71.6 Å². The fourth-order valence-corrected chi connectivity index (χ4v) is 3.68. The van der Waals surface area contributed by atoms with Crippen LogP contribution in [0.15, 0.2) is 24.3 Å². The maximum atomic E-state index is 11.1. The van der Waals surface area contributed by atoms with Gasteiger partial charge in [0, 0.05) is 18.8 Å². The predicted octanol–water partition coefficient (Wildman–Crippen LogP) is 3.52. The predicted molar refractivity (Wildman–Crippen MR) is 107 cm³/mol. The lowest BCUT2D eigenvalue weighted by Gasteiger charge is -2.23. The molecule has 27 heavy (non-hydrogen) atoms. The molecule has 1 aliphatic rings. The molecule has 5 heteroatoms. The molecule has 0 saturated heterocycles. The van der Waals surface area contributed by atoms with Gasteiger partial charge in [-0.25, -0.2) is 0 Å². The van der Waals surface area contributed by atoms with E-state index >= 15 is 0 Å². The Kier molecular flexibility index (Phi) is 10.9. The third-order valence-electron chi connectivity index (χ3n) is 5.43. The van der Waals surface area contributed by atoms with E-state index in [0.29, 0.717) is 25.7 Å². The molecule has 0 aromatic carbocycles. The highest BCUT2D eigenvalue weighted by atomic mass is 16.5. The highest BCUT2D eigenvalue weighted by molar-refractivity contribution is 5.69. The van der Waals surface area contributed by atoms with Gasteiger partial charge in [-0.05, 0) is 38.5 Å². The van der Waals surface area contributed by atoms with E-state index in [1.54, 1.807) is 13.0 Å². The summed E-state index contributed by atoms with van der Waals surface area (Å²) >= 11 is 0. The van der Waals surface area contributed by atoms with Crippen LogP contribution in [-0.4, -0.2) is 46.2 Å². The van der Waals surface area contributed by atoms with Gasteiger partial charge in [-0.15, -0.1) is 0 Å². The molecule has 1 fully saturated rings. The Morgan fingerprint density at radius 3 is 2.59 bits per heavy atom. The summed E-state index contributed by atoms with van der Waals surface area (Å²) in [4.78, 5) is 11.1. The number of ether oxygens (including phenoxy) is 1. The van der Waals surface area contributed by atoms with Crippen LogP contribution in [0, 0.1) is 11.8 Å². The minimum atomic E-state index is -0.878. The van der Waals surface area contributed by atoms with E-state index in [0.717, 1.165) is 32.1 Å². The Bertz CT molecular complexity index is 483. The van der Waals surface area contributed by atoms with E-state index in [1.165, 1.54) is 7.11 Å². The van der Waals surface area contributed by atoms with Crippen LogP contribution in [0.25, 0.3) is 0 Å². The second-order valence-electron chi connectivity index (χ2n) is 7.96. The summed E-state index contributed by atoms with van der Waals surface area (Å²) in [6, 6.07) is 0. The summed E-state index contributed by atoms with van der Waals surface area (Å²) in [6.45, 7) is 3.93. The molecule has 156 valence electrons. The quantitative estimate of drug-likeness (QED) is 0.273. The number of carbonyl (C=O) groups is 1. The van der Waals surface area contributed by atoms with Gasteiger partial charge in [0.05, 0.1) is 24.9 Å². The lowest BCUT2D eigenvalue weighted by Crippen LogP contribution is -2.24. The van der Waals surface area contributed by atoms with E-state index < -0.39 is 17.8 Å². The Labute approximate surface area is 164 Å². The largest absolute Gasteiger partial charge is 0.469 e. The van der Waals surface area contributed by atoms with Crippen LogP contribution >= 0.6 is 0 Å². The van der Waals surface area contributed by atoms with Gasteiger partial charge >= 0.3 is 5.97 Å². The highest BCUT2D eigenvalue weighted by Gasteiger charge is 2.39. The molecule has 0 spiro atoms. The van der Waals surface area contributed by atoms with Gasteiger partial charge in [0.2, 0.25) is 0 Å². The molecule has 0 aromatic heterocycles. The molecule has 0 amide bonds. The molecule has 0 bridgehead atoms. The van der Waals surface area contributed by atoms with Crippen LogP contribution in [0.5, 0.6) is 0 Å². The molecule has 0 unspecified atom stereocenters. The van der Waals surface area contributed by atoms with Crippen molar-refractivity contribution in [2.75, 3.05) is 7.11 Å². The summed E-state index contributed by atoms with van der Waals surface area (Å²) in [5.74, 6) is -0.411. The molecule has 0 aromatic rings. The zero-order valence-electron chi connectivity index (χ0n) is 17.1. The van der Waals surface area contributed by atoms with Crippen LogP contribution < -0.4 is 0 Å². The van der Waals surface area contributed by atoms with E-state index in [-0.39, 0.29) is 17.8 Å². The zero-order valence-corrected chi connectivity index (χ0v) is 17.1. The van der Waals surface area contributed by atoms with Crippen LogP contribution in [0.4, 0.5) is 0 Å². The Morgan fingerprint density at radius 1 is 1.19 bits per heavy atom. The number of aliphatic hydroxyl groups is 3. The number of carbonyl (C=O) groups excluding carboxylic acids is 1. The SMILES string of the molecule is CCCCC[C@](C)(O)/C=C\[C@@H]1[C@@H](C/C=C\CCCC(=O)OC)[C@@H](O)C[C@H]1O. The van der Waals surface area contributed by atoms with E-state index in [4.69, 9.17) is 0 Å². The van der Waals surface area contributed by atoms with Gasteiger partial charge < -0.3 is 20.1 Å². The fourth-order valence-electron chi connectivity index (χ4n) is 3.68. The van der Waals surface area contributed by atoms with Gasteiger partial charge in [-0.3, -0.25) is 4.79 Å². The minimum Gasteiger partial charge on any atom is -0.469 e. The number of rotatable bonds is 12. The van der Waals surface area contributed by atoms with Gasteiger partial charge in [0.1, 0.15) is 0 Å². The van der Waals surface area contributed by atoms with Crippen LogP contribution in [0.2, 0.25) is 0 Å². The summed E-state index contributed by atoms with van der Waals surface area (Å²) in [5, 5.41) is 31.1. The van der Waals surface area contributed by atoms with Gasteiger partial charge in [0.15, 0.2) is 0 Å². The molecule has 5 atom stereocenters. The molecule has 0 heterocycles. The molecular formula is C22H38O5. The Morgan fingerprint density at radius 2 is 1.93 bits per heavy atom. The number of aliphatic hydroxyl groups excluding tert-OH is 2. The number of methoxy groups -OCH3 is 1. The van der Waals surface area contributed by atoms with Crippen molar-refractivity contribution in [3.63, 3.8) is 0 Å². The standard InChI is InChI=1S/C22H38O5/c1-4-5-10-14-22(2,26)15-13-18-17(19(23)16-20(18)24)11-8-6-7-9-12-21(25)27-3/h6,8,13,15,17-20,23-24,26H,4-5,7,9-12,14,16H2,1-3H3/b8-6-,15-13-/t17-,18-,19+,20-,22+/m1/s1. The van der Waals surface area contributed by atoms with Crippen molar-refractivity contribution >= 4 is 5.97 Å². The molecule has 0 aliphatic heterocycles. The van der Waals surface area contributed by atoms with Gasteiger partial charge in [-0.2, -0.15) is 0 Å². The van der Waals surface area contributed by atoms with Crippen molar-refractivity contribution in [2.45, 2.75) is 89.4 Å². The number of unbranched alkanes of at least 4 members (excludes halogenated alkanes) is 3. The molecule has 0 radical (unpaired) electrons. The Balaban J connectivity index is 2.54. The number of allylic oxidation sites excluding steroid dienone is 2. The van der Waals surface area contributed by atoms with E-state index in [2.05, 4.69) is 11.7 Å². The second kappa shape index (κ2) is 12.3. The summed E-state index contributed by atoms with van der Waals surface area (Å²) < 4.78 is 4.61. The first-order valence-electron chi connectivity index (χ1n) is 10.3. The van der Waals surface area contributed by atoms with E-state index in [1.807, 2.05) is 18.2 Å². The van der Waals surface area contributed by atoms with Crippen LogP contribution in [-0.2, 0) is 9.53 Å². The fraction of sp³-hybridized carbons (Fsp3) is 0.773. The lowest BCUT2D eigenvalue weighted by atomic mass is 9.88. The number of hydrogen-bond donors (Lipinski definition) is 3. The maximum absolute atomic E-state index is 11.1. The summed E-state index contributed by atoms with van der Waals surface area (Å²) in [5.41, 5.74) is -0.878.